The van der Waals surface area contributed by atoms with Crippen molar-refractivity contribution in [1.82, 2.24) is 14.5 Å². The number of nitrogens with two attached hydrogens (primary N) is 1. The molecule has 3 N–H and O–H groups in total. The van der Waals surface area contributed by atoms with Gasteiger partial charge in [-0.3, -0.25) is 4.57 Å². The lowest BCUT2D eigenvalue weighted by atomic mass is 10.2. The number of aromatic nitrogens is 3. The third-order valence-electron chi connectivity index (χ3n) is 3.29. The van der Waals surface area contributed by atoms with E-state index in [9.17, 15) is 9.90 Å². The Bertz CT molecular complexity index is 925. The second kappa shape index (κ2) is 6.51. The van der Waals surface area contributed by atoms with Crippen LogP contribution < -0.4 is 15.2 Å². The summed E-state index contributed by atoms with van der Waals surface area (Å²) in [6.07, 6.45) is 0.733. The summed E-state index contributed by atoms with van der Waals surface area (Å²) in [7, 11) is 1.47. The number of carbonyl (C=O) groups is 1. The lowest BCUT2D eigenvalue weighted by Crippen LogP contribution is -2.19. The number of benzene rings is 1. The number of pyridine rings is 1. The molecule has 3 rings (SSSR count). The molecule has 0 unspecified atom stereocenters. The number of aromatic hydroxyl groups is 1. The third-order valence-corrected chi connectivity index (χ3v) is 3.88. The van der Waals surface area contributed by atoms with Crippen LogP contribution >= 0.6 is 22.6 Å². The van der Waals surface area contributed by atoms with Gasteiger partial charge in [0.15, 0.2) is 17.1 Å². The number of hydrogen-bond donors (Lipinski definition) is 2. The highest BCUT2D eigenvalue weighted by Gasteiger charge is 2.16. The number of fused-ring (bicyclic) bond motifs is 1. The first kappa shape index (κ1) is 16.3. The number of carbonyl (C=O) groups excluding carboxylic acids is 1. The van der Waals surface area contributed by atoms with Gasteiger partial charge in [0, 0.05) is 9.77 Å². The summed E-state index contributed by atoms with van der Waals surface area (Å²) in [5.74, 6) is 0.384. The van der Waals surface area contributed by atoms with Gasteiger partial charge >= 0.3 is 12.1 Å². The van der Waals surface area contributed by atoms with Crippen molar-refractivity contribution in [2.24, 2.45) is 5.73 Å². The van der Waals surface area contributed by atoms with Crippen molar-refractivity contribution in [3.8, 4) is 17.5 Å². The summed E-state index contributed by atoms with van der Waals surface area (Å²) in [6, 6.07) is 6.81. The van der Waals surface area contributed by atoms with Crippen molar-refractivity contribution >= 4 is 39.8 Å². The molecule has 0 atom stereocenters. The van der Waals surface area contributed by atoms with Crippen LogP contribution in [0.25, 0.3) is 11.2 Å². The summed E-state index contributed by atoms with van der Waals surface area (Å²) in [5.41, 5.74) is 7.06. The molecule has 0 aliphatic rings. The van der Waals surface area contributed by atoms with Crippen molar-refractivity contribution in [3.63, 3.8) is 0 Å². The highest BCUT2D eigenvalue weighted by atomic mass is 127. The molecule has 1 amide bonds. The average Bonchev–Trinajstić information content (AvgIpc) is 2.85. The number of imidazole rings is 1. The first-order valence-electron chi connectivity index (χ1n) is 6.83. The molecule has 24 heavy (non-hydrogen) atoms. The van der Waals surface area contributed by atoms with Crippen molar-refractivity contribution in [2.45, 2.75) is 6.54 Å². The van der Waals surface area contributed by atoms with Crippen LogP contribution in [0.3, 0.4) is 0 Å². The molecule has 3 aromatic rings. The molecule has 0 saturated carbocycles. The molecule has 9 heteroatoms. The average molecular weight is 440 g/mol. The maximum Gasteiger partial charge on any atom is 0.412 e. The number of methoxy groups -OCH3 is 1. The number of ether oxygens (including phenoxy) is 2. The van der Waals surface area contributed by atoms with E-state index in [-0.39, 0.29) is 11.8 Å². The minimum Gasteiger partial charge on any atom is -0.504 e. The van der Waals surface area contributed by atoms with E-state index in [2.05, 4.69) is 32.6 Å². The second-order valence-electron chi connectivity index (χ2n) is 4.90. The van der Waals surface area contributed by atoms with Gasteiger partial charge in [0.05, 0.1) is 13.7 Å². The largest absolute Gasteiger partial charge is 0.504 e. The molecule has 2 aromatic heterocycles. The molecule has 0 radical (unpaired) electrons. The van der Waals surface area contributed by atoms with Gasteiger partial charge in [0.25, 0.3) is 0 Å². The number of nitrogens with zero attached hydrogens (tertiary/aromatic N) is 3. The predicted octanol–water partition coefficient (Wildman–Crippen LogP) is 2.26. The maximum absolute atomic E-state index is 11.1. The summed E-state index contributed by atoms with van der Waals surface area (Å²) < 4.78 is 12.6. The van der Waals surface area contributed by atoms with E-state index in [1.54, 1.807) is 22.9 Å². The van der Waals surface area contributed by atoms with Gasteiger partial charge in [0.1, 0.15) is 5.52 Å². The van der Waals surface area contributed by atoms with Crippen molar-refractivity contribution < 1.29 is 19.4 Å². The molecule has 0 fully saturated rings. The standard InChI is InChI=1S/C15H13IN4O4/c1-23-12-4-8(2-3-11(12)21)7-20-13-10(5-9(16)6-18-13)19-15(20)24-14(17)22/h2-6,21H,7H2,1H3,(H2,17,22). The van der Waals surface area contributed by atoms with E-state index in [1.807, 2.05) is 6.07 Å². The molecule has 0 spiro atoms. The van der Waals surface area contributed by atoms with Crippen LogP contribution in [0, 0.1) is 3.57 Å². The lowest BCUT2D eigenvalue weighted by molar-refractivity contribution is 0.205. The second-order valence-corrected chi connectivity index (χ2v) is 6.15. The van der Waals surface area contributed by atoms with Crippen LogP contribution in [0.15, 0.2) is 30.5 Å². The number of primary amides is 1. The van der Waals surface area contributed by atoms with Gasteiger partial charge in [-0.1, -0.05) is 6.07 Å². The Labute approximate surface area is 150 Å². The Morgan fingerprint density at radius 1 is 1.42 bits per heavy atom. The zero-order chi connectivity index (χ0) is 17.3. The van der Waals surface area contributed by atoms with E-state index in [1.165, 1.54) is 13.2 Å². The summed E-state index contributed by atoms with van der Waals surface area (Å²) >= 11 is 2.12. The van der Waals surface area contributed by atoms with Crippen LogP contribution in [0.4, 0.5) is 4.79 Å². The zero-order valence-corrected chi connectivity index (χ0v) is 14.7. The summed E-state index contributed by atoms with van der Waals surface area (Å²) in [5, 5.41) is 9.69. The molecule has 0 aliphatic heterocycles. The molecule has 124 valence electrons. The van der Waals surface area contributed by atoms with Gasteiger partial charge in [-0.25, -0.2) is 9.78 Å². The van der Waals surface area contributed by atoms with E-state index < -0.39 is 6.09 Å². The van der Waals surface area contributed by atoms with Gasteiger partial charge in [-0.05, 0) is 46.4 Å². The fraction of sp³-hybridized carbons (Fsp3) is 0.133. The van der Waals surface area contributed by atoms with Gasteiger partial charge in [-0.2, -0.15) is 4.98 Å². The predicted molar refractivity (Wildman–Crippen MR) is 94.2 cm³/mol. The highest BCUT2D eigenvalue weighted by Crippen LogP contribution is 2.28. The molecule has 8 nitrogen and oxygen atoms in total. The molecule has 0 bridgehead atoms. The van der Waals surface area contributed by atoms with Crippen LogP contribution in [-0.4, -0.2) is 32.8 Å². The van der Waals surface area contributed by atoms with E-state index >= 15 is 0 Å². The number of amides is 1. The molecule has 0 saturated heterocycles. The lowest BCUT2D eigenvalue weighted by Gasteiger charge is -2.10. The van der Waals surface area contributed by atoms with E-state index in [0.717, 1.165) is 9.13 Å². The van der Waals surface area contributed by atoms with Crippen molar-refractivity contribution in [2.75, 3.05) is 7.11 Å². The Morgan fingerprint density at radius 2 is 2.21 bits per heavy atom. The summed E-state index contributed by atoms with van der Waals surface area (Å²) in [4.78, 5) is 19.7. The fourth-order valence-electron chi connectivity index (χ4n) is 2.28. The number of hydrogen-bond acceptors (Lipinski definition) is 6. The maximum atomic E-state index is 11.1. The van der Waals surface area contributed by atoms with Gasteiger partial charge in [0.2, 0.25) is 0 Å². The quantitative estimate of drug-likeness (QED) is 0.602. The van der Waals surface area contributed by atoms with E-state index in [4.69, 9.17) is 15.2 Å². The fourth-order valence-corrected chi connectivity index (χ4v) is 2.71. The molecular formula is C15H13IN4O4. The number of phenols is 1. The van der Waals surface area contributed by atoms with Crippen LogP contribution in [0.1, 0.15) is 5.56 Å². The molecular weight excluding hydrogens is 427 g/mol. The highest BCUT2D eigenvalue weighted by molar-refractivity contribution is 14.1. The van der Waals surface area contributed by atoms with Gasteiger partial charge in [-0.15, -0.1) is 0 Å². The first-order chi connectivity index (χ1) is 11.5. The van der Waals surface area contributed by atoms with Crippen molar-refractivity contribution in [3.05, 3.63) is 39.6 Å². The SMILES string of the molecule is COc1cc(Cn2c(OC(N)=O)nc3cc(I)cnc32)ccc1O. The third kappa shape index (κ3) is 3.20. The number of phenolic OH excluding ortho intramolecular Hbond substituents is 1. The smallest absolute Gasteiger partial charge is 0.412 e. The molecule has 1 aromatic carbocycles. The number of rotatable bonds is 4. The van der Waals surface area contributed by atoms with Crippen LogP contribution in [-0.2, 0) is 6.54 Å². The monoisotopic (exact) mass is 440 g/mol. The van der Waals surface area contributed by atoms with Crippen LogP contribution in [0.2, 0.25) is 0 Å². The minimum absolute atomic E-state index is 0.0398. The Morgan fingerprint density at radius 3 is 2.92 bits per heavy atom. The molecule has 0 aliphatic carbocycles. The first-order valence-corrected chi connectivity index (χ1v) is 7.90. The normalized spacial score (nSPS) is 10.8. The zero-order valence-electron chi connectivity index (χ0n) is 12.6. The Kier molecular flexibility index (Phi) is 4.42. The Balaban J connectivity index is 2.08. The summed E-state index contributed by atoms with van der Waals surface area (Å²) in [6.45, 7) is 0.309. The van der Waals surface area contributed by atoms with Crippen LogP contribution in [0.5, 0.6) is 17.5 Å². The Hall–Kier alpha value is -2.56. The van der Waals surface area contributed by atoms with E-state index in [0.29, 0.717) is 23.5 Å². The molecule has 2 heterocycles. The minimum atomic E-state index is -0.954. The topological polar surface area (TPSA) is 112 Å². The number of halogens is 1. The van der Waals surface area contributed by atoms with Crippen molar-refractivity contribution in [1.29, 1.82) is 0 Å². The van der Waals surface area contributed by atoms with Gasteiger partial charge < -0.3 is 20.3 Å².